The monoisotopic (exact) mass is 372 g/mol. The Kier molecular flexibility index (Phi) is 4.12. The molecule has 0 saturated carbocycles. The summed E-state index contributed by atoms with van der Waals surface area (Å²) in [5.41, 5.74) is 3.79. The van der Waals surface area contributed by atoms with Crippen molar-refractivity contribution >= 4 is 16.9 Å². The highest BCUT2D eigenvalue weighted by atomic mass is 16.2. The number of amides is 1. The van der Waals surface area contributed by atoms with Crippen molar-refractivity contribution in [2.45, 2.75) is 19.0 Å². The van der Waals surface area contributed by atoms with Crippen molar-refractivity contribution in [2.75, 3.05) is 13.1 Å². The summed E-state index contributed by atoms with van der Waals surface area (Å²) in [4.78, 5) is 19.1. The zero-order chi connectivity index (χ0) is 18.9. The lowest BCUT2D eigenvalue weighted by Gasteiger charge is -2.17. The second kappa shape index (κ2) is 6.92. The number of imidazole rings is 1. The molecule has 0 bridgehead atoms. The molecule has 3 heterocycles. The zero-order valence-electron chi connectivity index (χ0n) is 15.3. The van der Waals surface area contributed by atoms with Gasteiger partial charge in [-0.3, -0.25) is 4.79 Å². The molecule has 1 fully saturated rings. The lowest BCUT2D eigenvalue weighted by Crippen LogP contribution is -2.32. The smallest absolute Gasteiger partial charge is 0.242 e. The molecule has 1 aliphatic rings. The second-order valence-corrected chi connectivity index (χ2v) is 7.09. The molecular formula is C21H20N6O. The largest absolute Gasteiger partial charge is 0.339 e. The van der Waals surface area contributed by atoms with Crippen LogP contribution >= 0.6 is 0 Å². The number of hydrogen-bond donors (Lipinski definition) is 0. The summed E-state index contributed by atoms with van der Waals surface area (Å²) in [6.07, 6.45) is 4.59. The molecule has 1 saturated heterocycles. The Hall–Kier alpha value is -3.48. The topological polar surface area (TPSA) is 68.8 Å². The predicted octanol–water partition coefficient (Wildman–Crippen LogP) is 2.77. The summed E-state index contributed by atoms with van der Waals surface area (Å²) in [5.74, 6) is 0.106. The molecule has 4 aromatic rings. The van der Waals surface area contributed by atoms with E-state index >= 15 is 0 Å². The number of para-hydroxylation sites is 2. The number of carbonyl (C=O) groups excluding carboxylic acids is 1. The SMILES string of the molecule is O=C(Cn1cnc2ccccc21)N1CCC(n2cc(-c3ccccc3)nn2)C1. The van der Waals surface area contributed by atoms with Gasteiger partial charge in [0.15, 0.2) is 0 Å². The maximum Gasteiger partial charge on any atom is 0.242 e. The predicted molar refractivity (Wildman–Crippen MR) is 105 cm³/mol. The van der Waals surface area contributed by atoms with Crippen molar-refractivity contribution in [3.63, 3.8) is 0 Å². The molecule has 2 aromatic carbocycles. The van der Waals surface area contributed by atoms with Gasteiger partial charge in [0, 0.05) is 18.7 Å². The van der Waals surface area contributed by atoms with Gasteiger partial charge in [-0.2, -0.15) is 0 Å². The maximum absolute atomic E-state index is 12.8. The first-order chi connectivity index (χ1) is 13.8. The molecule has 7 heteroatoms. The molecule has 2 aromatic heterocycles. The summed E-state index contributed by atoms with van der Waals surface area (Å²) in [7, 11) is 0. The van der Waals surface area contributed by atoms with Gasteiger partial charge in [-0.1, -0.05) is 47.7 Å². The minimum absolute atomic E-state index is 0.106. The van der Waals surface area contributed by atoms with E-state index in [4.69, 9.17) is 0 Å². The number of carbonyl (C=O) groups is 1. The number of hydrogen-bond acceptors (Lipinski definition) is 4. The Balaban J connectivity index is 1.27. The quantitative estimate of drug-likeness (QED) is 0.552. The van der Waals surface area contributed by atoms with Gasteiger partial charge >= 0.3 is 0 Å². The van der Waals surface area contributed by atoms with Crippen LogP contribution < -0.4 is 0 Å². The van der Waals surface area contributed by atoms with E-state index in [1.54, 1.807) is 6.33 Å². The summed E-state index contributed by atoms with van der Waals surface area (Å²) in [5, 5.41) is 8.59. The minimum atomic E-state index is 0.106. The van der Waals surface area contributed by atoms with Crippen molar-refractivity contribution in [1.29, 1.82) is 0 Å². The molecule has 1 atom stereocenters. The highest BCUT2D eigenvalue weighted by Gasteiger charge is 2.28. The van der Waals surface area contributed by atoms with Gasteiger partial charge in [0.05, 0.1) is 29.6 Å². The Morgan fingerprint density at radius 1 is 1.07 bits per heavy atom. The Morgan fingerprint density at radius 2 is 1.89 bits per heavy atom. The summed E-state index contributed by atoms with van der Waals surface area (Å²) in [6.45, 7) is 1.69. The number of likely N-dealkylation sites (tertiary alicyclic amines) is 1. The summed E-state index contributed by atoms with van der Waals surface area (Å²) in [6, 6.07) is 18.0. The fourth-order valence-corrected chi connectivity index (χ4v) is 3.76. The average molecular weight is 372 g/mol. The minimum Gasteiger partial charge on any atom is -0.339 e. The highest BCUT2D eigenvalue weighted by Crippen LogP contribution is 2.24. The molecule has 28 heavy (non-hydrogen) atoms. The van der Waals surface area contributed by atoms with Crippen LogP contribution in [-0.4, -0.2) is 48.4 Å². The second-order valence-electron chi connectivity index (χ2n) is 7.09. The summed E-state index contributed by atoms with van der Waals surface area (Å²) >= 11 is 0. The van der Waals surface area contributed by atoms with Gasteiger partial charge in [-0.05, 0) is 18.6 Å². The molecule has 5 rings (SSSR count). The standard InChI is InChI=1S/C21H20N6O/c28-21(14-26-15-22-18-8-4-5-9-20(18)26)25-11-10-17(12-25)27-13-19(23-24-27)16-6-2-1-3-7-16/h1-9,13,15,17H,10-12,14H2. The van der Waals surface area contributed by atoms with Crippen LogP contribution in [0.3, 0.4) is 0 Å². The van der Waals surface area contributed by atoms with E-state index in [1.165, 1.54) is 0 Å². The van der Waals surface area contributed by atoms with Crippen LogP contribution in [-0.2, 0) is 11.3 Å². The molecule has 1 unspecified atom stereocenters. The van der Waals surface area contributed by atoms with Crippen molar-refractivity contribution in [2.24, 2.45) is 0 Å². The van der Waals surface area contributed by atoms with Gasteiger partial charge in [-0.15, -0.1) is 5.10 Å². The van der Waals surface area contributed by atoms with Gasteiger partial charge in [0.1, 0.15) is 12.2 Å². The van der Waals surface area contributed by atoms with Gasteiger partial charge < -0.3 is 9.47 Å². The molecule has 0 aliphatic carbocycles. The van der Waals surface area contributed by atoms with Crippen molar-refractivity contribution in [1.82, 2.24) is 29.4 Å². The van der Waals surface area contributed by atoms with E-state index in [9.17, 15) is 4.79 Å². The lowest BCUT2D eigenvalue weighted by molar-refractivity contribution is -0.130. The first kappa shape index (κ1) is 16.7. The molecule has 7 nitrogen and oxygen atoms in total. The van der Waals surface area contributed by atoms with E-state index < -0.39 is 0 Å². The third-order valence-corrected chi connectivity index (χ3v) is 5.30. The van der Waals surface area contributed by atoms with E-state index in [1.807, 2.05) is 74.9 Å². The van der Waals surface area contributed by atoms with E-state index in [2.05, 4.69) is 15.3 Å². The van der Waals surface area contributed by atoms with E-state index in [-0.39, 0.29) is 11.9 Å². The molecular weight excluding hydrogens is 352 g/mol. The Labute approximate surface area is 162 Å². The third kappa shape index (κ3) is 3.05. The van der Waals surface area contributed by atoms with Crippen molar-refractivity contribution in [3.05, 3.63) is 67.1 Å². The first-order valence-corrected chi connectivity index (χ1v) is 9.43. The van der Waals surface area contributed by atoms with Gasteiger partial charge in [0.25, 0.3) is 0 Å². The molecule has 0 spiro atoms. The summed E-state index contributed by atoms with van der Waals surface area (Å²) < 4.78 is 3.80. The molecule has 0 N–H and O–H groups in total. The average Bonchev–Trinajstić information content (AvgIpc) is 3.48. The first-order valence-electron chi connectivity index (χ1n) is 9.43. The van der Waals surface area contributed by atoms with E-state index in [0.29, 0.717) is 13.1 Å². The maximum atomic E-state index is 12.8. The highest BCUT2D eigenvalue weighted by molar-refractivity contribution is 5.80. The number of rotatable bonds is 4. The van der Waals surface area contributed by atoms with E-state index in [0.717, 1.165) is 35.3 Å². The fourth-order valence-electron chi connectivity index (χ4n) is 3.76. The number of aromatic nitrogens is 5. The Bertz CT molecular complexity index is 1120. The van der Waals surface area contributed by atoms with Gasteiger partial charge in [0.2, 0.25) is 5.91 Å². The number of fused-ring (bicyclic) bond motifs is 1. The third-order valence-electron chi connectivity index (χ3n) is 5.30. The van der Waals surface area contributed by atoms with Crippen LogP contribution in [0.1, 0.15) is 12.5 Å². The van der Waals surface area contributed by atoms with Crippen LogP contribution in [0.25, 0.3) is 22.3 Å². The van der Waals surface area contributed by atoms with Crippen molar-refractivity contribution < 1.29 is 4.79 Å². The molecule has 1 amide bonds. The zero-order valence-corrected chi connectivity index (χ0v) is 15.3. The Morgan fingerprint density at radius 3 is 2.79 bits per heavy atom. The normalized spacial score (nSPS) is 16.7. The van der Waals surface area contributed by atoms with Crippen LogP contribution in [0.4, 0.5) is 0 Å². The lowest BCUT2D eigenvalue weighted by atomic mass is 10.2. The van der Waals surface area contributed by atoms with Gasteiger partial charge in [-0.25, -0.2) is 9.67 Å². The van der Waals surface area contributed by atoms with Crippen molar-refractivity contribution in [3.8, 4) is 11.3 Å². The van der Waals surface area contributed by atoms with Crippen LogP contribution in [0, 0.1) is 0 Å². The van der Waals surface area contributed by atoms with Crippen LogP contribution in [0.5, 0.6) is 0 Å². The number of nitrogens with zero attached hydrogens (tertiary/aromatic N) is 6. The van der Waals surface area contributed by atoms with Crippen LogP contribution in [0.2, 0.25) is 0 Å². The molecule has 1 aliphatic heterocycles. The van der Waals surface area contributed by atoms with Crippen LogP contribution in [0.15, 0.2) is 67.1 Å². The molecule has 0 radical (unpaired) electrons. The fraction of sp³-hybridized carbons (Fsp3) is 0.238. The molecule has 140 valence electrons. The number of benzene rings is 2.